The molecule has 0 bridgehead atoms. The van der Waals surface area contributed by atoms with Gasteiger partial charge in [-0.1, -0.05) is 39.0 Å². The third kappa shape index (κ3) is 5.06. The maximum absolute atomic E-state index is 12.9. The van der Waals surface area contributed by atoms with E-state index in [0.29, 0.717) is 0 Å². The summed E-state index contributed by atoms with van der Waals surface area (Å²) in [5.41, 5.74) is 1.76. The summed E-state index contributed by atoms with van der Waals surface area (Å²) < 4.78 is 5.85. The first-order valence-electron chi connectivity index (χ1n) is 9.84. The van der Waals surface area contributed by atoms with Crippen molar-refractivity contribution in [3.63, 3.8) is 0 Å². The molecule has 3 atom stereocenters. The number of ether oxygens (including phenoxy) is 1. The number of morpholine rings is 1. The molecule has 1 saturated heterocycles. The number of hydrogen-bond acceptors (Lipinski definition) is 4. The Bertz CT molecular complexity index is 775. The van der Waals surface area contributed by atoms with E-state index in [0.717, 1.165) is 29.3 Å². The Balaban J connectivity index is 1.75. The van der Waals surface area contributed by atoms with Gasteiger partial charge in [-0.25, -0.2) is 4.79 Å². The van der Waals surface area contributed by atoms with Gasteiger partial charge in [-0.3, -0.25) is 0 Å². The number of para-hydroxylation sites is 2. The molecule has 2 amide bonds. The molecule has 6 heteroatoms. The van der Waals surface area contributed by atoms with Crippen molar-refractivity contribution in [2.24, 2.45) is 5.41 Å². The van der Waals surface area contributed by atoms with E-state index in [4.69, 9.17) is 4.74 Å². The van der Waals surface area contributed by atoms with Crippen molar-refractivity contribution < 1.29 is 9.53 Å². The van der Waals surface area contributed by atoms with Gasteiger partial charge in [-0.15, -0.1) is 11.3 Å². The second-order valence-corrected chi connectivity index (χ2v) is 9.57. The van der Waals surface area contributed by atoms with Crippen molar-refractivity contribution in [2.45, 2.75) is 52.9 Å². The fourth-order valence-corrected chi connectivity index (χ4v) is 4.71. The highest BCUT2D eigenvalue weighted by Crippen LogP contribution is 2.35. The van der Waals surface area contributed by atoms with Gasteiger partial charge in [0.05, 0.1) is 29.6 Å². The smallest absolute Gasteiger partial charge is 0.319 e. The summed E-state index contributed by atoms with van der Waals surface area (Å²) in [6.45, 7) is 12.2. The van der Waals surface area contributed by atoms with E-state index < -0.39 is 0 Å². The minimum Gasteiger partial charge on any atom is -0.372 e. The van der Waals surface area contributed by atoms with E-state index in [1.54, 1.807) is 11.3 Å². The standard InChI is InChI=1S/C22H31N3O2S/c1-15-13-25(14-16(2)27-15)18-10-7-6-9-17(18)23-21(26)24-20(22(3,4)5)19-11-8-12-28-19/h6-12,15-16,20H,13-14H2,1-5H3,(H2,23,24,26)/t15-,16+,20-/m1/s1. The molecule has 3 rings (SSSR count). The fraction of sp³-hybridized carbons (Fsp3) is 0.500. The number of carbonyl (C=O) groups excluding carboxylic acids is 1. The third-order valence-corrected chi connectivity index (χ3v) is 5.82. The minimum atomic E-state index is -0.185. The Morgan fingerprint density at radius 2 is 1.82 bits per heavy atom. The number of thiophene rings is 1. The molecule has 5 nitrogen and oxygen atoms in total. The van der Waals surface area contributed by atoms with Crippen LogP contribution < -0.4 is 15.5 Å². The van der Waals surface area contributed by atoms with Crippen molar-refractivity contribution in [2.75, 3.05) is 23.3 Å². The lowest BCUT2D eigenvalue weighted by Crippen LogP contribution is -2.46. The predicted octanol–water partition coefficient (Wildman–Crippen LogP) is 5.27. The van der Waals surface area contributed by atoms with Crippen LogP contribution >= 0.6 is 11.3 Å². The molecular weight excluding hydrogens is 370 g/mol. The lowest BCUT2D eigenvalue weighted by molar-refractivity contribution is -0.00517. The molecule has 1 aliphatic rings. The molecule has 152 valence electrons. The summed E-state index contributed by atoms with van der Waals surface area (Å²) in [5, 5.41) is 8.29. The van der Waals surface area contributed by atoms with Gasteiger partial charge in [0.1, 0.15) is 0 Å². The maximum atomic E-state index is 12.9. The average Bonchev–Trinajstić information content (AvgIpc) is 3.12. The molecule has 28 heavy (non-hydrogen) atoms. The van der Waals surface area contributed by atoms with Crippen LogP contribution in [-0.2, 0) is 4.74 Å². The number of nitrogens with one attached hydrogen (secondary N) is 2. The molecule has 2 N–H and O–H groups in total. The van der Waals surface area contributed by atoms with Crippen LogP contribution in [0.25, 0.3) is 0 Å². The van der Waals surface area contributed by atoms with Gasteiger partial charge in [0.15, 0.2) is 0 Å². The van der Waals surface area contributed by atoms with Crippen LogP contribution in [0.5, 0.6) is 0 Å². The van der Waals surface area contributed by atoms with Crippen LogP contribution in [0, 0.1) is 5.41 Å². The van der Waals surface area contributed by atoms with Crippen molar-refractivity contribution in [1.29, 1.82) is 0 Å². The van der Waals surface area contributed by atoms with E-state index in [9.17, 15) is 4.79 Å². The summed E-state index contributed by atoms with van der Waals surface area (Å²) in [6.07, 6.45) is 0.324. The molecular formula is C22H31N3O2S. The Labute approximate surface area is 172 Å². The first-order valence-corrected chi connectivity index (χ1v) is 10.7. The number of rotatable bonds is 4. The van der Waals surface area contributed by atoms with Gasteiger partial charge in [-0.05, 0) is 42.8 Å². The number of anilines is 2. The van der Waals surface area contributed by atoms with Crippen LogP contribution in [0.3, 0.4) is 0 Å². The van der Waals surface area contributed by atoms with Crippen LogP contribution in [0.4, 0.5) is 16.2 Å². The summed E-state index contributed by atoms with van der Waals surface area (Å²) in [4.78, 5) is 16.3. The van der Waals surface area contributed by atoms with E-state index in [1.807, 2.05) is 29.6 Å². The van der Waals surface area contributed by atoms with Crippen molar-refractivity contribution in [3.8, 4) is 0 Å². The molecule has 1 aliphatic heterocycles. The molecule has 0 saturated carbocycles. The molecule has 2 heterocycles. The number of carbonyl (C=O) groups is 1. The van der Waals surface area contributed by atoms with Gasteiger partial charge in [0.25, 0.3) is 0 Å². The van der Waals surface area contributed by atoms with Gasteiger partial charge < -0.3 is 20.3 Å². The lowest BCUT2D eigenvalue weighted by atomic mass is 9.86. The Kier molecular flexibility index (Phi) is 6.30. The summed E-state index contributed by atoms with van der Waals surface area (Å²) in [7, 11) is 0. The summed E-state index contributed by atoms with van der Waals surface area (Å²) in [5.74, 6) is 0. The van der Waals surface area contributed by atoms with Gasteiger partial charge >= 0.3 is 6.03 Å². The third-order valence-electron chi connectivity index (χ3n) is 4.88. The van der Waals surface area contributed by atoms with Crippen LogP contribution in [-0.4, -0.2) is 31.3 Å². The lowest BCUT2D eigenvalue weighted by Gasteiger charge is -2.37. The van der Waals surface area contributed by atoms with E-state index >= 15 is 0 Å². The maximum Gasteiger partial charge on any atom is 0.319 e. The zero-order chi connectivity index (χ0) is 20.3. The largest absolute Gasteiger partial charge is 0.372 e. The number of benzene rings is 1. The number of urea groups is 1. The number of nitrogens with zero attached hydrogens (tertiary/aromatic N) is 1. The fourth-order valence-electron chi connectivity index (χ4n) is 3.69. The Morgan fingerprint density at radius 1 is 1.14 bits per heavy atom. The average molecular weight is 402 g/mol. The molecule has 0 radical (unpaired) electrons. The minimum absolute atomic E-state index is 0.0527. The van der Waals surface area contributed by atoms with Crippen molar-refractivity contribution >= 4 is 28.7 Å². The molecule has 1 aromatic carbocycles. The van der Waals surface area contributed by atoms with Gasteiger partial charge in [0.2, 0.25) is 0 Å². The topological polar surface area (TPSA) is 53.6 Å². The van der Waals surface area contributed by atoms with Crippen LogP contribution in [0.2, 0.25) is 0 Å². The Morgan fingerprint density at radius 3 is 2.43 bits per heavy atom. The highest BCUT2D eigenvalue weighted by Gasteiger charge is 2.29. The SMILES string of the molecule is C[C@@H]1CN(c2ccccc2NC(=O)N[C@H](c2cccs2)C(C)(C)C)C[C@H](C)O1. The number of hydrogen-bond donors (Lipinski definition) is 2. The zero-order valence-electron chi connectivity index (χ0n) is 17.4. The van der Waals surface area contributed by atoms with E-state index in [2.05, 4.69) is 62.3 Å². The van der Waals surface area contributed by atoms with Gasteiger partial charge in [-0.2, -0.15) is 0 Å². The first kappa shape index (κ1) is 20.7. The molecule has 0 unspecified atom stereocenters. The first-order chi connectivity index (χ1) is 13.2. The quantitative estimate of drug-likeness (QED) is 0.734. The van der Waals surface area contributed by atoms with Crippen LogP contribution in [0.1, 0.15) is 45.5 Å². The molecule has 1 fully saturated rings. The second kappa shape index (κ2) is 8.53. The number of amides is 2. The highest BCUT2D eigenvalue weighted by molar-refractivity contribution is 7.10. The van der Waals surface area contributed by atoms with E-state index in [1.165, 1.54) is 0 Å². The summed E-state index contributed by atoms with van der Waals surface area (Å²) in [6, 6.07) is 11.8. The normalized spacial score (nSPS) is 21.2. The van der Waals surface area contributed by atoms with E-state index in [-0.39, 0.29) is 29.7 Å². The second-order valence-electron chi connectivity index (χ2n) is 8.59. The van der Waals surface area contributed by atoms with Crippen LogP contribution in [0.15, 0.2) is 41.8 Å². The summed E-state index contributed by atoms with van der Waals surface area (Å²) >= 11 is 1.67. The molecule has 2 aromatic rings. The molecule has 0 aliphatic carbocycles. The van der Waals surface area contributed by atoms with Crippen molar-refractivity contribution in [3.05, 3.63) is 46.7 Å². The van der Waals surface area contributed by atoms with Crippen molar-refractivity contribution in [1.82, 2.24) is 5.32 Å². The molecule has 0 spiro atoms. The molecule has 1 aromatic heterocycles. The predicted molar refractivity (Wildman–Crippen MR) is 117 cm³/mol. The Hall–Kier alpha value is -2.05. The monoisotopic (exact) mass is 401 g/mol. The van der Waals surface area contributed by atoms with Gasteiger partial charge in [0, 0.05) is 18.0 Å². The highest BCUT2D eigenvalue weighted by atomic mass is 32.1. The zero-order valence-corrected chi connectivity index (χ0v) is 18.2.